The molecule has 0 saturated heterocycles. The largest absolute Gasteiger partial charge is 0.490 e. The Hall–Kier alpha value is -3.92. The Morgan fingerprint density at radius 1 is 1.03 bits per heavy atom. The molecule has 0 saturated carbocycles. The molecule has 0 aromatic carbocycles. The maximum atomic E-state index is 10.6. The first-order valence-corrected chi connectivity index (χ1v) is 11.1. The molecule has 0 spiro atoms. The second-order valence-corrected chi connectivity index (χ2v) is 8.09. The molecule has 4 heterocycles. The van der Waals surface area contributed by atoms with Gasteiger partial charge in [-0.25, -0.2) is 14.6 Å². The second kappa shape index (κ2) is 14.3. The predicted octanol–water partition coefficient (Wildman–Crippen LogP) is 3.99. The van der Waals surface area contributed by atoms with Crippen LogP contribution in [0.1, 0.15) is 17.1 Å². The van der Waals surface area contributed by atoms with Crippen LogP contribution in [0.2, 0.25) is 0 Å². The fourth-order valence-electron chi connectivity index (χ4n) is 3.30. The molecule has 3 aromatic rings. The number of aromatic nitrogens is 3. The van der Waals surface area contributed by atoms with Gasteiger partial charge >= 0.3 is 24.3 Å². The average Bonchev–Trinajstić information content (AvgIpc) is 3.48. The second-order valence-electron chi connectivity index (χ2n) is 8.09. The van der Waals surface area contributed by atoms with Crippen molar-refractivity contribution in [1.29, 1.82) is 0 Å². The van der Waals surface area contributed by atoms with Crippen LogP contribution in [-0.2, 0) is 40.6 Å². The quantitative estimate of drug-likeness (QED) is 0.426. The van der Waals surface area contributed by atoms with Crippen LogP contribution < -0.4 is 0 Å². The predicted molar refractivity (Wildman–Crippen MR) is 120 cm³/mol. The molecule has 2 N–H and O–H groups in total. The van der Waals surface area contributed by atoms with Crippen LogP contribution in [0, 0.1) is 5.92 Å². The van der Waals surface area contributed by atoms with E-state index >= 15 is 0 Å². The van der Waals surface area contributed by atoms with Gasteiger partial charge in [0.25, 0.3) is 0 Å². The number of carbonyl (C=O) groups is 2. The number of nitrogens with zero attached hydrogens (tertiary/aromatic N) is 4. The highest BCUT2D eigenvalue weighted by Crippen LogP contribution is 2.19. The standard InChI is InChI=1S/C19H22N4O2.2C2HF3O2/c1-2-6-21-17(4-1)14-24-13-16-9-22(12-19-5-3-7-25-19)11-18-8-20-15-23(18)10-16;2*3-2(4,5)1(6)7/h1-8,15-16H,9-14H2;2*(H,6,7). The van der Waals surface area contributed by atoms with Crippen molar-refractivity contribution < 1.29 is 55.3 Å². The zero-order valence-corrected chi connectivity index (χ0v) is 20.1. The normalized spacial score (nSPS) is 15.6. The van der Waals surface area contributed by atoms with Crippen molar-refractivity contribution in [2.24, 2.45) is 5.92 Å². The van der Waals surface area contributed by atoms with Gasteiger partial charge in [-0.1, -0.05) is 6.07 Å². The first kappa shape index (κ1) is 31.3. The number of imidazole rings is 1. The van der Waals surface area contributed by atoms with Crippen molar-refractivity contribution in [2.45, 2.75) is 38.6 Å². The smallest absolute Gasteiger partial charge is 0.475 e. The topological polar surface area (TPSA) is 131 Å². The third kappa shape index (κ3) is 11.6. The number of hydrogen-bond acceptors (Lipinski definition) is 7. The van der Waals surface area contributed by atoms with Crippen LogP contribution in [0.5, 0.6) is 0 Å². The number of rotatable bonds is 6. The highest BCUT2D eigenvalue weighted by atomic mass is 19.4. The molecule has 4 rings (SSSR count). The Morgan fingerprint density at radius 3 is 2.23 bits per heavy atom. The summed E-state index contributed by atoms with van der Waals surface area (Å²) in [5.74, 6) is -4.13. The van der Waals surface area contributed by atoms with E-state index in [1.165, 1.54) is 5.69 Å². The lowest BCUT2D eigenvalue weighted by Crippen LogP contribution is -2.29. The van der Waals surface area contributed by atoms with Gasteiger partial charge in [0.05, 0.1) is 43.7 Å². The molecular formula is C23H24F6N4O6. The summed E-state index contributed by atoms with van der Waals surface area (Å²) in [4.78, 5) is 28.8. The van der Waals surface area contributed by atoms with E-state index in [-0.39, 0.29) is 0 Å². The number of alkyl halides is 6. The van der Waals surface area contributed by atoms with Gasteiger partial charge in [-0.05, 0) is 24.3 Å². The Morgan fingerprint density at radius 2 is 1.69 bits per heavy atom. The minimum atomic E-state index is -5.08. The lowest BCUT2D eigenvalue weighted by molar-refractivity contribution is -0.193. The van der Waals surface area contributed by atoms with Crippen LogP contribution in [0.15, 0.2) is 59.7 Å². The number of fused-ring (bicyclic) bond motifs is 1. The average molecular weight is 566 g/mol. The summed E-state index contributed by atoms with van der Waals surface area (Å²) in [5.41, 5.74) is 2.20. The number of halogens is 6. The van der Waals surface area contributed by atoms with Gasteiger partial charge in [0, 0.05) is 37.9 Å². The number of aliphatic carboxylic acids is 2. The minimum Gasteiger partial charge on any atom is -0.475 e. The van der Waals surface area contributed by atoms with Crippen LogP contribution in [-0.4, -0.2) is 67.1 Å². The summed E-state index contributed by atoms with van der Waals surface area (Å²) >= 11 is 0. The van der Waals surface area contributed by atoms with E-state index in [2.05, 4.69) is 19.4 Å². The van der Waals surface area contributed by atoms with E-state index in [0.29, 0.717) is 19.1 Å². The third-order valence-corrected chi connectivity index (χ3v) is 4.93. The van der Waals surface area contributed by atoms with Crippen LogP contribution in [0.25, 0.3) is 0 Å². The molecule has 1 unspecified atom stereocenters. The molecule has 3 aromatic heterocycles. The highest BCUT2D eigenvalue weighted by Gasteiger charge is 2.38. The maximum absolute atomic E-state index is 10.6. The Labute approximate surface area is 217 Å². The number of furan rings is 1. The Balaban J connectivity index is 0.000000317. The van der Waals surface area contributed by atoms with Crippen molar-refractivity contribution in [3.63, 3.8) is 0 Å². The Kier molecular flexibility index (Phi) is 11.5. The van der Waals surface area contributed by atoms with Crippen LogP contribution in [0.4, 0.5) is 26.3 Å². The molecule has 1 aliphatic rings. The third-order valence-electron chi connectivity index (χ3n) is 4.93. The summed E-state index contributed by atoms with van der Waals surface area (Å²) < 4.78 is 77.2. The SMILES string of the molecule is O=C(O)C(F)(F)F.O=C(O)C(F)(F)F.c1ccc(COCC2CN(Cc3ccco3)Cc3cncn3C2)nc1. The van der Waals surface area contributed by atoms with E-state index < -0.39 is 24.3 Å². The zero-order valence-electron chi connectivity index (χ0n) is 20.1. The van der Waals surface area contributed by atoms with E-state index in [1.54, 1.807) is 12.5 Å². The molecule has 0 amide bonds. The van der Waals surface area contributed by atoms with Crippen LogP contribution in [0.3, 0.4) is 0 Å². The molecule has 16 heteroatoms. The van der Waals surface area contributed by atoms with Crippen molar-refractivity contribution in [2.75, 3.05) is 13.2 Å². The van der Waals surface area contributed by atoms with Gasteiger partial charge in [-0.15, -0.1) is 0 Å². The summed E-state index contributed by atoms with van der Waals surface area (Å²) in [6, 6.07) is 9.85. The summed E-state index contributed by atoms with van der Waals surface area (Å²) in [7, 11) is 0. The number of carboxylic acids is 2. The van der Waals surface area contributed by atoms with Gasteiger partial charge in [0.2, 0.25) is 0 Å². The first-order valence-electron chi connectivity index (χ1n) is 11.1. The van der Waals surface area contributed by atoms with Crippen molar-refractivity contribution in [1.82, 2.24) is 19.4 Å². The molecule has 0 fully saturated rings. The summed E-state index contributed by atoms with van der Waals surface area (Å²) in [6.45, 7) is 4.80. The maximum Gasteiger partial charge on any atom is 0.490 e. The van der Waals surface area contributed by atoms with E-state index in [9.17, 15) is 26.3 Å². The summed E-state index contributed by atoms with van der Waals surface area (Å²) in [6.07, 6.45) is -2.78. The molecule has 39 heavy (non-hydrogen) atoms. The van der Waals surface area contributed by atoms with Gasteiger partial charge < -0.3 is 23.9 Å². The molecule has 1 atom stereocenters. The molecular weight excluding hydrogens is 542 g/mol. The van der Waals surface area contributed by atoms with E-state index in [4.69, 9.17) is 29.0 Å². The van der Waals surface area contributed by atoms with Crippen molar-refractivity contribution >= 4 is 11.9 Å². The molecule has 0 radical (unpaired) electrons. The zero-order chi connectivity index (χ0) is 29.1. The first-order chi connectivity index (χ1) is 18.3. The number of carboxylic acid groups (broad SMARTS) is 2. The number of ether oxygens (including phenoxy) is 1. The van der Waals surface area contributed by atoms with Crippen molar-refractivity contribution in [3.8, 4) is 0 Å². The molecule has 0 bridgehead atoms. The fourth-order valence-corrected chi connectivity index (χ4v) is 3.30. The van der Waals surface area contributed by atoms with E-state index in [0.717, 1.165) is 37.6 Å². The monoisotopic (exact) mass is 566 g/mol. The molecule has 1 aliphatic heterocycles. The molecule has 214 valence electrons. The van der Waals surface area contributed by atoms with Crippen molar-refractivity contribution in [3.05, 3.63) is 72.5 Å². The van der Waals surface area contributed by atoms with Gasteiger partial charge in [0.15, 0.2) is 0 Å². The minimum absolute atomic E-state index is 0.397. The van der Waals surface area contributed by atoms with Crippen LogP contribution >= 0.6 is 0 Å². The molecule has 10 nitrogen and oxygen atoms in total. The van der Waals surface area contributed by atoms with Gasteiger partial charge in [0.1, 0.15) is 5.76 Å². The Bertz CT molecular complexity index is 1130. The van der Waals surface area contributed by atoms with Gasteiger partial charge in [-0.3, -0.25) is 9.88 Å². The lowest BCUT2D eigenvalue weighted by Gasteiger charge is -2.23. The number of pyridine rings is 1. The highest BCUT2D eigenvalue weighted by molar-refractivity contribution is 5.73. The van der Waals surface area contributed by atoms with E-state index in [1.807, 2.05) is 42.9 Å². The molecule has 0 aliphatic carbocycles. The fraction of sp³-hybridized carbons (Fsp3) is 0.391. The van der Waals surface area contributed by atoms with Gasteiger partial charge in [-0.2, -0.15) is 26.3 Å². The number of hydrogen-bond donors (Lipinski definition) is 2. The summed E-state index contributed by atoms with van der Waals surface area (Å²) in [5, 5.41) is 14.2. The lowest BCUT2D eigenvalue weighted by atomic mass is 10.1.